The zero-order valence-corrected chi connectivity index (χ0v) is 18.9. The number of hydrogen-bond donors (Lipinski definition) is 0. The molecule has 3 rings (SSSR count). The number of benzene rings is 2. The van der Waals surface area contributed by atoms with Crippen LogP contribution >= 0.6 is 22.9 Å². The number of carbonyl (C=O) groups is 1. The van der Waals surface area contributed by atoms with Gasteiger partial charge in [-0.05, 0) is 61.2 Å². The summed E-state index contributed by atoms with van der Waals surface area (Å²) in [5.41, 5.74) is 1.40. The maximum atomic E-state index is 12.6. The highest BCUT2D eigenvalue weighted by Crippen LogP contribution is 2.32. The van der Waals surface area contributed by atoms with Crippen molar-refractivity contribution in [2.45, 2.75) is 20.4 Å². The Labute approximate surface area is 180 Å². The second-order valence-electron chi connectivity index (χ2n) is 6.71. The molecule has 0 N–H and O–H groups in total. The van der Waals surface area contributed by atoms with Crippen LogP contribution in [0.4, 0.5) is 5.69 Å². The van der Waals surface area contributed by atoms with E-state index in [0.29, 0.717) is 28.7 Å². The van der Waals surface area contributed by atoms with Crippen molar-refractivity contribution in [3.63, 3.8) is 0 Å². The van der Waals surface area contributed by atoms with Gasteiger partial charge in [0.2, 0.25) is 10.0 Å². The summed E-state index contributed by atoms with van der Waals surface area (Å²) in [5, 5.41) is 1.46. The summed E-state index contributed by atoms with van der Waals surface area (Å²) in [6.07, 6.45) is 1.19. The molecule has 0 atom stereocenters. The Bertz CT molecular complexity index is 1120. The normalized spacial score (nSPS) is 11.6. The topological polar surface area (TPSA) is 57.7 Å². The summed E-state index contributed by atoms with van der Waals surface area (Å²) in [4.78, 5) is 15.1. The molecule has 29 heavy (non-hydrogen) atoms. The molecule has 0 bridgehead atoms. The minimum absolute atomic E-state index is 0.00103. The van der Waals surface area contributed by atoms with E-state index in [2.05, 4.69) is 0 Å². The molecule has 0 aliphatic heterocycles. The third-order valence-corrected chi connectivity index (χ3v) is 7.19. The van der Waals surface area contributed by atoms with E-state index in [4.69, 9.17) is 11.6 Å². The van der Waals surface area contributed by atoms with Crippen molar-refractivity contribution < 1.29 is 13.2 Å². The molecule has 1 heterocycles. The van der Waals surface area contributed by atoms with Gasteiger partial charge in [0, 0.05) is 22.8 Å². The fourth-order valence-electron chi connectivity index (χ4n) is 3.11. The highest BCUT2D eigenvalue weighted by Gasteiger charge is 2.20. The van der Waals surface area contributed by atoms with Gasteiger partial charge in [0.05, 0.1) is 23.4 Å². The number of sulfonamides is 1. The second kappa shape index (κ2) is 8.73. The van der Waals surface area contributed by atoms with E-state index < -0.39 is 10.0 Å². The average molecular weight is 451 g/mol. The lowest BCUT2D eigenvalue weighted by Gasteiger charge is -2.22. The van der Waals surface area contributed by atoms with Crippen LogP contribution < -0.4 is 4.31 Å². The number of amides is 1. The van der Waals surface area contributed by atoms with E-state index in [9.17, 15) is 13.2 Å². The molecule has 0 radical (unpaired) electrons. The van der Waals surface area contributed by atoms with Crippen molar-refractivity contribution >= 4 is 54.6 Å². The van der Waals surface area contributed by atoms with Gasteiger partial charge in [-0.2, -0.15) is 0 Å². The summed E-state index contributed by atoms with van der Waals surface area (Å²) in [6, 6.07) is 14.4. The van der Waals surface area contributed by atoms with Gasteiger partial charge in [0.15, 0.2) is 0 Å². The fraction of sp³-hybridized carbons (Fsp3) is 0.286. The van der Waals surface area contributed by atoms with Crippen LogP contribution in [0.5, 0.6) is 0 Å². The van der Waals surface area contributed by atoms with Crippen LogP contribution in [0.15, 0.2) is 48.5 Å². The van der Waals surface area contributed by atoms with Gasteiger partial charge in [0.1, 0.15) is 0 Å². The predicted molar refractivity (Wildman–Crippen MR) is 122 cm³/mol. The van der Waals surface area contributed by atoms with E-state index in [1.165, 1.54) is 21.9 Å². The summed E-state index contributed by atoms with van der Waals surface area (Å²) in [6.45, 7) is 5.41. The SMILES string of the molecule is CCN(CC)C(=O)c1cc2cc(N(Cc3ccc(Cl)cc3)S(C)(=O)=O)ccc2s1. The molecule has 1 aromatic heterocycles. The van der Waals surface area contributed by atoms with E-state index in [1.54, 1.807) is 23.1 Å². The highest BCUT2D eigenvalue weighted by atomic mass is 35.5. The first-order valence-corrected chi connectivity index (χ1v) is 12.3. The Hall–Kier alpha value is -2.09. The maximum absolute atomic E-state index is 12.6. The summed E-state index contributed by atoms with van der Waals surface area (Å²) >= 11 is 7.35. The third-order valence-electron chi connectivity index (χ3n) is 4.69. The molecule has 0 saturated carbocycles. The lowest BCUT2D eigenvalue weighted by atomic mass is 10.2. The van der Waals surface area contributed by atoms with Crippen molar-refractivity contribution in [1.29, 1.82) is 0 Å². The average Bonchev–Trinajstić information content (AvgIpc) is 3.10. The Morgan fingerprint density at radius 3 is 2.28 bits per heavy atom. The second-order valence-corrected chi connectivity index (χ2v) is 10.1. The molecule has 0 aliphatic rings. The molecule has 2 aromatic carbocycles. The zero-order valence-electron chi connectivity index (χ0n) is 16.6. The molecule has 0 fully saturated rings. The Morgan fingerprint density at radius 2 is 1.69 bits per heavy atom. The molecule has 3 aromatic rings. The Balaban J connectivity index is 1.97. The number of thiophene rings is 1. The van der Waals surface area contributed by atoms with E-state index in [-0.39, 0.29) is 12.5 Å². The molecule has 0 aliphatic carbocycles. The number of carbonyl (C=O) groups excluding carboxylic acids is 1. The van der Waals surface area contributed by atoms with E-state index in [1.807, 2.05) is 44.2 Å². The smallest absolute Gasteiger partial charge is 0.263 e. The van der Waals surface area contributed by atoms with Crippen LogP contribution in [-0.2, 0) is 16.6 Å². The van der Waals surface area contributed by atoms with Crippen LogP contribution in [-0.4, -0.2) is 38.6 Å². The van der Waals surface area contributed by atoms with Crippen LogP contribution in [0, 0.1) is 0 Å². The van der Waals surface area contributed by atoms with Gasteiger partial charge in [-0.3, -0.25) is 9.10 Å². The van der Waals surface area contributed by atoms with Crippen molar-refractivity contribution in [3.05, 3.63) is 64.0 Å². The first kappa shape index (κ1) is 21.6. The minimum Gasteiger partial charge on any atom is -0.339 e. The highest BCUT2D eigenvalue weighted by molar-refractivity contribution is 7.92. The van der Waals surface area contributed by atoms with Crippen LogP contribution in [0.3, 0.4) is 0 Å². The third kappa shape index (κ3) is 4.91. The monoisotopic (exact) mass is 450 g/mol. The lowest BCUT2D eigenvalue weighted by molar-refractivity contribution is 0.0778. The van der Waals surface area contributed by atoms with E-state index in [0.717, 1.165) is 15.6 Å². The summed E-state index contributed by atoms with van der Waals surface area (Å²) < 4.78 is 27.2. The van der Waals surface area contributed by atoms with Crippen LogP contribution in [0.1, 0.15) is 29.1 Å². The van der Waals surface area contributed by atoms with Crippen molar-refractivity contribution in [1.82, 2.24) is 4.90 Å². The number of nitrogens with zero attached hydrogens (tertiary/aromatic N) is 2. The lowest BCUT2D eigenvalue weighted by Crippen LogP contribution is -2.29. The first-order chi connectivity index (χ1) is 13.7. The molecule has 5 nitrogen and oxygen atoms in total. The minimum atomic E-state index is -3.50. The predicted octanol–water partition coefficient (Wildman–Crippen LogP) is 5.00. The standard InChI is InChI=1S/C21H23ClN2O3S2/c1-4-23(5-2)21(25)20-13-16-12-18(10-11-19(16)28-20)24(29(3,26)27)14-15-6-8-17(22)9-7-15/h6-13H,4-5,14H2,1-3H3. The van der Waals surface area contributed by atoms with Gasteiger partial charge in [0.25, 0.3) is 5.91 Å². The number of halogens is 1. The van der Waals surface area contributed by atoms with Gasteiger partial charge in [-0.15, -0.1) is 11.3 Å². The van der Waals surface area contributed by atoms with Gasteiger partial charge >= 0.3 is 0 Å². The summed E-state index contributed by atoms with van der Waals surface area (Å²) in [5.74, 6) is -0.00103. The van der Waals surface area contributed by atoms with Gasteiger partial charge < -0.3 is 4.90 Å². The molecule has 0 saturated heterocycles. The van der Waals surface area contributed by atoms with Crippen LogP contribution in [0.25, 0.3) is 10.1 Å². The molecule has 154 valence electrons. The van der Waals surface area contributed by atoms with Gasteiger partial charge in [-0.25, -0.2) is 8.42 Å². The van der Waals surface area contributed by atoms with Crippen LogP contribution in [0.2, 0.25) is 5.02 Å². The molecule has 0 spiro atoms. The number of hydrogen-bond acceptors (Lipinski definition) is 4. The number of anilines is 1. The fourth-order valence-corrected chi connectivity index (χ4v) is 5.13. The molecule has 0 unspecified atom stereocenters. The van der Waals surface area contributed by atoms with Crippen molar-refractivity contribution in [2.24, 2.45) is 0 Å². The quantitative estimate of drug-likeness (QED) is 0.508. The Kier molecular flexibility index (Phi) is 6.51. The largest absolute Gasteiger partial charge is 0.339 e. The molecule has 1 amide bonds. The molecular weight excluding hydrogens is 428 g/mol. The first-order valence-electron chi connectivity index (χ1n) is 9.28. The van der Waals surface area contributed by atoms with Crippen molar-refractivity contribution in [3.8, 4) is 0 Å². The maximum Gasteiger partial charge on any atom is 0.263 e. The van der Waals surface area contributed by atoms with Gasteiger partial charge in [-0.1, -0.05) is 23.7 Å². The molecular formula is C21H23ClN2O3S2. The van der Waals surface area contributed by atoms with Crippen molar-refractivity contribution in [2.75, 3.05) is 23.7 Å². The number of rotatable bonds is 7. The summed E-state index contributed by atoms with van der Waals surface area (Å²) in [7, 11) is -3.50. The van der Waals surface area contributed by atoms with E-state index >= 15 is 0 Å². The molecule has 8 heteroatoms. The number of fused-ring (bicyclic) bond motifs is 1. The zero-order chi connectivity index (χ0) is 21.2. The Morgan fingerprint density at radius 1 is 1.03 bits per heavy atom.